The summed E-state index contributed by atoms with van der Waals surface area (Å²) >= 11 is 0. The second kappa shape index (κ2) is 9.71. The first-order chi connectivity index (χ1) is 7.20. The molecule has 3 heteroatoms. The summed E-state index contributed by atoms with van der Waals surface area (Å²) in [6.07, 6.45) is 6.19. The van der Waals surface area contributed by atoms with Crippen molar-refractivity contribution in [3.63, 3.8) is 0 Å². The van der Waals surface area contributed by atoms with Crippen LogP contribution in [0.3, 0.4) is 0 Å². The lowest BCUT2D eigenvalue weighted by molar-refractivity contribution is -0.138. The number of carbonyl (C=O) groups is 1. The lowest BCUT2D eigenvalue weighted by Crippen LogP contribution is -2.32. The third-order valence-corrected chi connectivity index (χ3v) is 2.17. The van der Waals surface area contributed by atoms with Gasteiger partial charge in [-0.25, -0.2) is 4.79 Å². The monoisotopic (exact) mass is 213 g/mol. The summed E-state index contributed by atoms with van der Waals surface area (Å²) in [7, 11) is 0. The Morgan fingerprint density at radius 2 is 2.20 bits per heavy atom. The van der Waals surface area contributed by atoms with E-state index in [-0.39, 0.29) is 12.0 Å². The van der Waals surface area contributed by atoms with Gasteiger partial charge in [-0.15, -0.1) is 0 Å². The van der Waals surface area contributed by atoms with Crippen molar-refractivity contribution >= 4 is 5.97 Å². The minimum absolute atomic E-state index is 0.218. The van der Waals surface area contributed by atoms with E-state index in [1.807, 2.05) is 6.92 Å². The summed E-state index contributed by atoms with van der Waals surface area (Å²) < 4.78 is 4.91. The zero-order valence-corrected chi connectivity index (χ0v) is 9.92. The van der Waals surface area contributed by atoms with Crippen LogP contribution in [0.25, 0.3) is 0 Å². The van der Waals surface area contributed by atoms with E-state index in [1.165, 1.54) is 31.8 Å². The highest BCUT2D eigenvalue weighted by molar-refractivity contribution is 5.81. The lowest BCUT2D eigenvalue weighted by Gasteiger charge is -2.13. The van der Waals surface area contributed by atoms with E-state index >= 15 is 0 Å². The van der Waals surface area contributed by atoms with Gasteiger partial charge in [-0.3, -0.25) is 0 Å². The Hall–Kier alpha value is -0.830. The number of carbonyl (C=O) groups excluding carboxylic acids is 1. The summed E-state index contributed by atoms with van der Waals surface area (Å²) in [5.74, 6) is -0.352. The Morgan fingerprint density at radius 1 is 1.47 bits per heavy atom. The van der Waals surface area contributed by atoms with Gasteiger partial charge >= 0.3 is 5.97 Å². The van der Waals surface area contributed by atoms with Crippen LogP contribution in [0.4, 0.5) is 0 Å². The fourth-order valence-corrected chi connectivity index (χ4v) is 1.23. The van der Waals surface area contributed by atoms with Crippen molar-refractivity contribution in [1.29, 1.82) is 0 Å². The molecule has 0 aliphatic carbocycles. The van der Waals surface area contributed by atoms with Crippen molar-refractivity contribution in [3.8, 4) is 0 Å². The molecular formula is C12H23NO2. The van der Waals surface area contributed by atoms with Crippen LogP contribution in [0.1, 0.15) is 39.5 Å². The number of nitrogens with one attached hydrogen (secondary N) is 1. The highest BCUT2D eigenvalue weighted by atomic mass is 16.5. The molecule has 0 rings (SSSR count). The molecule has 0 aromatic heterocycles. The van der Waals surface area contributed by atoms with E-state index in [0.29, 0.717) is 6.61 Å². The molecule has 0 radical (unpaired) electrons. The Bertz CT molecular complexity index is 180. The SMILES string of the molecule is C=CC(=O)OCC(C)NCCCCCC. The van der Waals surface area contributed by atoms with Crippen LogP contribution in [-0.4, -0.2) is 25.2 Å². The summed E-state index contributed by atoms with van der Waals surface area (Å²) in [5.41, 5.74) is 0. The molecular weight excluding hydrogens is 190 g/mol. The van der Waals surface area contributed by atoms with E-state index in [1.54, 1.807) is 0 Å². The van der Waals surface area contributed by atoms with Gasteiger partial charge in [0.1, 0.15) is 6.61 Å². The van der Waals surface area contributed by atoms with Crippen molar-refractivity contribution in [1.82, 2.24) is 5.32 Å². The van der Waals surface area contributed by atoms with Crippen molar-refractivity contribution in [2.75, 3.05) is 13.2 Å². The van der Waals surface area contributed by atoms with Gasteiger partial charge in [-0.1, -0.05) is 32.8 Å². The molecule has 88 valence electrons. The maximum Gasteiger partial charge on any atom is 0.330 e. The molecule has 0 aliphatic heterocycles. The highest BCUT2D eigenvalue weighted by Crippen LogP contribution is 1.97. The number of hydrogen-bond acceptors (Lipinski definition) is 3. The fraction of sp³-hybridized carbons (Fsp3) is 0.750. The van der Waals surface area contributed by atoms with E-state index in [4.69, 9.17) is 4.74 Å². The minimum atomic E-state index is -0.352. The largest absolute Gasteiger partial charge is 0.461 e. The van der Waals surface area contributed by atoms with Crippen LogP contribution in [0.15, 0.2) is 12.7 Å². The summed E-state index contributed by atoms with van der Waals surface area (Å²) in [4.78, 5) is 10.8. The van der Waals surface area contributed by atoms with Crippen LogP contribution in [-0.2, 0) is 9.53 Å². The summed E-state index contributed by atoms with van der Waals surface area (Å²) in [5, 5.41) is 3.31. The fourth-order valence-electron chi connectivity index (χ4n) is 1.23. The van der Waals surface area contributed by atoms with Gasteiger partial charge in [-0.2, -0.15) is 0 Å². The quantitative estimate of drug-likeness (QED) is 0.363. The highest BCUT2D eigenvalue weighted by Gasteiger charge is 2.03. The zero-order valence-electron chi connectivity index (χ0n) is 9.92. The molecule has 0 spiro atoms. The third kappa shape index (κ3) is 9.47. The Kier molecular flexibility index (Phi) is 9.18. The first-order valence-corrected chi connectivity index (χ1v) is 5.73. The minimum Gasteiger partial charge on any atom is -0.461 e. The lowest BCUT2D eigenvalue weighted by atomic mass is 10.2. The van der Waals surface area contributed by atoms with Gasteiger partial charge < -0.3 is 10.1 Å². The molecule has 0 heterocycles. The number of hydrogen-bond donors (Lipinski definition) is 1. The van der Waals surface area contributed by atoms with Crippen LogP contribution in [0, 0.1) is 0 Å². The predicted molar refractivity (Wildman–Crippen MR) is 62.8 cm³/mol. The van der Waals surface area contributed by atoms with Crippen LogP contribution in [0.2, 0.25) is 0 Å². The van der Waals surface area contributed by atoms with Gasteiger partial charge in [0.05, 0.1) is 0 Å². The van der Waals surface area contributed by atoms with Gasteiger partial charge in [-0.05, 0) is 19.9 Å². The Balaban J connectivity index is 3.29. The Labute approximate surface area is 92.9 Å². The van der Waals surface area contributed by atoms with E-state index < -0.39 is 0 Å². The van der Waals surface area contributed by atoms with Gasteiger partial charge in [0.25, 0.3) is 0 Å². The van der Waals surface area contributed by atoms with Crippen molar-refractivity contribution < 1.29 is 9.53 Å². The summed E-state index contributed by atoms with van der Waals surface area (Å²) in [6, 6.07) is 0.218. The predicted octanol–water partition coefficient (Wildman–Crippen LogP) is 2.27. The van der Waals surface area contributed by atoms with E-state index in [2.05, 4.69) is 18.8 Å². The van der Waals surface area contributed by atoms with Crippen LogP contribution >= 0.6 is 0 Å². The standard InChI is InChI=1S/C12H23NO2/c1-4-6-7-8-9-13-11(3)10-15-12(14)5-2/h5,11,13H,2,4,6-10H2,1,3H3. The van der Waals surface area contributed by atoms with Crippen molar-refractivity contribution in [2.24, 2.45) is 0 Å². The van der Waals surface area contributed by atoms with Crippen molar-refractivity contribution in [2.45, 2.75) is 45.6 Å². The first-order valence-electron chi connectivity index (χ1n) is 5.73. The summed E-state index contributed by atoms with van der Waals surface area (Å²) in [6.45, 7) is 8.96. The number of esters is 1. The van der Waals surface area contributed by atoms with Crippen LogP contribution in [0.5, 0.6) is 0 Å². The number of unbranched alkanes of at least 4 members (excludes halogenated alkanes) is 3. The molecule has 0 saturated heterocycles. The average Bonchev–Trinajstić information content (AvgIpc) is 2.25. The molecule has 1 unspecified atom stereocenters. The van der Waals surface area contributed by atoms with Crippen molar-refractivity contribution in [3.05, 3.63) is 12.7 Å². The van der Waals surface area contributed by atoms with E-state index in [9.17, 15) is 4.79 Å². The number of ether oxygens (including phenoxy) is 1. The smallest absolute Gasteiger partial charge is 0.330 e. The Morgan fingerprint density at radius 3 is 2.80 bits per heavy atom. The molecule has 0 amide bonds. The van der Waals surface area contributed by atoms with Gasteiger partial charge in [0, 0.05) is 12.1 Å². The van der Waals surface area contributed by atoms with Gasteiger partial charge in [0.15, 0.2) is 0 Å². The normalized spacial score (nSPS) is 12.1. The first kappa shape index (κ1) is 14.2. The topological polar surface area (TPSA) is 38.3 Å². The second-order valence-corrected chi connectivity index (χ2v) is 3.75. The molecule has 0 aromatic rings. The maximum atomic E-state index is 10.8. The van der Waals surface area contributed by atoms with Crippen LogP contribution < -0.4 is 5.32 Å². The number of rotatable bonds is 9. The second-order valence-electron chi connectivity index (χ2n) is 3.75. The zero-order chi connectivity index (χ0) is 11.5. The molecule has 3 nitrogen and oxygen atoms in total. The third-order valence-electron chi connectivity index (χ3n) is 2.17. The van der Waals surface area contributed by atoms with Gasteiger partial charge in [0.2, 0.25) is 0 Å². The molecule has 0 bridgehead atoms. The molecule has 0 aliphatic rings. The molecule has 15 heavy (non-hydrogen) atoms. The molecule has 1 N–H and O–H groups in total. The molecule has 0 fully saturated rings. The maximum absolute atomic E-state index is 10.8. The molecule has 0 saturated carbocycles. The van der Waals surface area contributed by atoms with E-state index in [0.717, 1.165) is 6.54 Å². The molecule has 0 aromatic carbocycles. The average molecular weight is 213 g/mol. The molecule has 1 atom stereocenters.